The number of carbonyl (C=O) groups excluding carboxylic acids is 3. The normalized spacial score (nSPS) is 9.46. The van der Waals surface area contributed by atoms with Gasteiger partial charge in [0.25, 0.3) is 0 Å². The van der Waals surface area contributed by atoms with Gasteiger partial charge in [-0.2, -0.15) is 0 Å². The van der Waals surface area contributed by atoms with E-state index in [1.165, 1.54) is 25.3 Å². The third-order valence-electron chi connectivity index (χ3n) is 7.21. The molecule has 0 atom stereocenters. The van der Waals surface area contributed by atoms with Crippen molar-refractivity contribution >= 4 is 18.9 Å². The molecule has 0 bridgehead atoms. The molecule has 4 heterocycles. The van der Waals surface area contributed by atoms with Crippen LogP contribution in [0.4, 0.5) is 0 Å². The molecule has 0 amide bonds. The summed E-state index contributed by atoms with van der Waals surface area (Å²) in [6, 6.07) is 9.68. The molecule has 0 saturated carbocycles. The summed E-state index contributed by atoms with van der Waals surface area (Å²) < 4.78 is 0. The van der Waals surface area contributed by atoms with Gasteiger partial charge < -0.3 is 9.59 Å². The number of hydrogen-bond donors (Lipinski definition) is 0. The Morgan fingerprint density at radius 1 is 0.579 bits per heavy atom. The lowest BCUT2D eigenvalue weighted by Gasteiger charge is -1.99. The standard InChI is InChI=1S/C10H16O.C8H12N2.C8H8O.C7H10N2.C6H8N2.C5H6N2.C2H3O/c1-2-3-4-5-6-7-8-9-10-11;1-4-8-7(3)10-6(2)5-9-8;9-7-6-8-4-2-1-3-5-8;1-5-4-8-6(2)7(3)9-5;1-5-6(2)8-4-3-7-5;1-5-4-6-2-3-7-5;1-2-3/h6-10H,2-5H2,1H3;5H,4H2,1-3H3;1-5,7H,6H2;4H,1-3H3;3-4H,1-2H3;2-4H,1H3;2H,1H2. The Morgan fingerprint density at radius 2 is 1.14 bits per heavy atom. The Bertz CT molecular complexity index is 1790. The van der Waals surface area contributed by atoms with E-state index in [0.29, 0.717) is 12.7 Å². The molecule has 305 valence electrons. The SMILES string of the molecule is CCCCCC=CC=CC=O.CCc1ncc(C)nc1C.Cc1cnc(C)c(C)n1.Cc1cnccn1.Cc1nccnc1C.O=CCc1ccccc1.[CH2]C=O. The van der Waals surface area contributed by atoms with Crippen LogP contribution in [-0.4, -0.2) is 58.7 Å². The molecular weight excluding hydrogens is 713 g/mol. The van der Waals surface area contributed by atoms with Crippen molar-refractivity contribution < 1.29 is 14.4 Å². The molecule has 0 aliphatic rings. The third-order valence-corrected chi connectivity index (χ3v) is 7.21. The fourth-order valence-electron chi connectivity index (χ4n) is 3.99. The van der Waals surface area contributed by atoms with E-state index >= 15 is 0 Å². The molecule has 0 saturated heterocycles. The Morgan fingerprint density at radius 3 is 1.56 bits per heavy atom. The van der Waals surface area contributed by atoms with Crippen LogP contribution in [0.5, 0.6) is 0 Å². The fraction of sp³-hybridized carbons (Fsp3) is 0.348. The Kier molecular flexibility index (Phi) is 34.5. The van der Waals surface area contributed by atoms with Crippen LogP contribution in [-0.2, 0) is 27.2 Å². The number of benzene rings is 1. The van der Waals surface area contributed by atoms with Gasteiger partial charge in [-0.1, -0.05) is 75.2 Å². The summed E-state index contributed by atoms with van der Waals surface area (Å²) in [6.07, 6.45) is 27.9. The largest absolute Gasteiger partial charge is 0.303 e. The molecule has 11 nitrogen and oxygen atoms in total. The first-order valence-electron chi connectivity index (χ1n) is 18.9. The van der Waals surface area contributed by atoms with Gasteiger partial charge in [0, 0.05) is 56.7 Å². The molecule has 0 spiro atoms. The van der Waals surface area contributed by atoms with E-state index < -0.39 is 0 Å². The fourth-order valence-corrected chi connectivity index (χ4v) is 3.99. The van der Waals surface area contributed by atoms with E-state index in [1.54, 1.807) is 43.3 Å². The lowest BCUT2D eigenvalue weighted by Crippen LogP contribution is -1.96. The third kappa shape index (κ3) is 32.0. The highest BCUT2D eigenvalue weighted by atomic mass is 16.1. The van der Waals surface area contributed by atoms with Gasteiger partial charge in [-0.3, -0.25) is 44.7 Å². The van der Waals surface area contributed by atoms with Crippen LogP contribution in [0, 0.1) is 62.3 Å². The zero-order chi connectivity index (χ0) is 43.1. The minimum atomic E-state index is 0.500. The Labute approximate surface area is 341 Å². The summed E-state index contributed by atoms with van der Waals surface area (Å²) in [5.74, 6) is 0. The summed E-state index contributed by atoms with van der Waals surface area (Å²) in [7, 11) is 0. The maximum atomic E-state index is 9.97. The maximum absolute atomic E-state index is 9.97. The second kappa shape index (κ2) is 37.0. The van der Waals surface area contributed by atoms with Crippen LogP contribution >= 0.6 is 0 Å². The molecule has 11 heteroatoms. The van der Waals surface area contributed by atoms with Crippen molar-refractivity contribution in [3.8, 4) is 0 Å². The smallest absolute Gasteiger partial charge is 0.142 e. The van der Waals surface area contributed by atoms with E-state index in [2.05, 4.69) is 66.7 Å². The number of aromatic nitrogens is 8. The van der Waals surface area contributed by atoms with Crippen LogP contribution in [0.1, 0.15) is 96.3 Å². The predicted octanol–water partition coefficient (Wildman–Crippen LogP) is 9.26. The first-order valence-corrected chi connectivity index (χ1v) is 18.9. The van der Waals surface area contributed by atoms with Gasteiger partial charge in [-0.15, -0.1) is 0 Å². The lowest BCUT2D eigenvalue weighted by molar-refractivity contribution is -0.107. The van der Waals surface area contributed by atoms with Crippen LogP contribution in [0.15, 0.2) is 98.0 Å². The van der Waals surface area contributed by atoms with Gasteiger partial charge in [0.1, 0.15) is 18.9 Å². The molecular formula is C46H63N8O3. The molecule has 57 heavy (non-hydrogen) atoms. The van der Waals surface area contributed by atoms with Crippen molar-refractivity contribution in [2.45, 2.75) is 108 Å². The van der Waals surface area contributed by atoms with Crippen molar-refractivity contribution in [1.82, 2.24) is 39.9 Å². The van der Waals surface area contributed by atoms with Gasteiger partial charge in [0.05, 0.1) is 51.2 Å². The van der Waals surface area contributed by atoms with Crippen LogP contribution < -0.4 is 0 Å². The average molecular weight is 776 g/mol. The molecule has 1 aromatic carbocycles. The second-order valence-corrected chi connectivity index (χ2v) is 12.1. The molecule has 4 aromatic heterocycles. The van der Waals surface area contributed by atoms with Crippen molar-refractivity contribution in [1.29, 1.82) is 0 Å². The summed E-state index contributed by atoms with van der Waals surface area (Å²) in [4.78, 5) is 61.1. The zero-order valence-electron chi connectivity index (χ0n) is 35.7. The number of aldehydes is 3. The van der Waals surface area contributed by atoms with Gasteiger partial charge in [0.2, 0.25) is 0 Å². The number of allylic oxidation sites excluding steroid dienone is 4. The highest BCUT2D eigenvalue weighted by Crippen LogP contribution is 2.02. The van der Waals surface area contributed by atoms with Crippen molar-refractivity contribution in [3.63, 3.8) is 0 Å². The minimum absolute atomic E-state index is 0.500. The second-order valence-electron chi connectivity index (χ2n) is 12.1. The first kappa shape index (κ1) is 53.1. The molecule has 0 N–H and O–H groups in total. The number of aryl methyl sites for hydroxylation is 9. The zero-order valence-corrected chi connectivity index (χ0v) is 35.7. The predicted molar refractivity (Wildman–Crippen MR) is 232 cm³/mol. The maximum Gasteiger partial charge on any atom is 0.142 e. The lowest BCUT2D eigenvalue weighted by atomic mass is 10.2. The van der Waals surface area contributed by atoms with Gasteiger partial charge in [-0.25, -0.2) is 0 Å². The van der Waals surface area contributed by atoms with Crippen LogP contribution in [0.25, 0.3) is 0 Å². The van der Waals surface area contributed by atoms with Crippen molar-refractivity contribution in [2.24, 2.45) is 0 Å². The summed E-state index contributed by atoms with van der Waals surface area (Å²) in [6.45, 7) is 22.7. The van der Waals surface area contributed by atoms with Gasteiger partial charge in [-0.05, 0) is 86.3 Å². The number of carbonyl (C=O) groups is 3. The summed E-state index contributed by atoms with van der Waals surface area (Å²) >= 11 is 0. The number of unbranched alkanes of at least 4 members (excludes halogenated alkanes) is 3. The van der Waals surface area contributed by atoms with Gasteiger partial charge in [0.15, 0.2) is 0 Å². The van der Waals surface area contributed by atoms with Gasteiger partial charge >= 0.3 is 0 Å². The molecule has 5 aromatic rings. The molecule has 0 aliphatic heterocycles. The number of rotatable bonds is 9. The monoisotopic (exact) mass is 776 g/mol. The first-order chi connectivity index (χ1) is 27.4. The van der Waals surface area contributed by atoms with Crippen molar-refractivity contribution in [3.05, 3.63) is 162 Å². The van der Waals surface area contributed by atoms with E-state index in [9.17, 15) is 9.59 Å². The molecule has 0 fully saturated rings. The van der Waals surface area contributed by atoms with E-state index in [-0.39, 0.29) is 0 Å². The number of hydrogen-bond acceptors (Lipinski definition) is 11. The molecule has 0 unspecified atom stereocenters. The highest BCUT2D eigenvalue weighted by molar-refractivity contribution is 5.65. The Hall–Kier alpha value is -5.97. The molecule has 5 rings (SSSR count). The van der Waals surface area contributed by atoms with E-state index in [1.807, 2.05) is 98.0 Å². The Balaban J connectivity index is 0. The summed E-state index contributed by atoms with van der Waals surface area (Å²) in [5, 5.41) is 0. The van der Waals surface area contributed by atoms with Crippen molar-refractivity contribution in [2.75, 3.05) is 0 Å². The van der Waals surface area contributed by atoms with Crippen LogP contribution in [0.3, 0.4) is 0 Å². The van der Waals surface area contributed by atoms with E-state index in [4.69, 9.17) is 4.79 Å². The van der Waals surface area contributed by atoms with Crippen LogP contribution in [0.2, 0.25) is 0 Å². The summed E-state index contributed by atoms with van der Waals surface area (Å²) in [5.41, 5.74) is 10.2. The molecule has 0 aliphatic carbocycles. The topological polar surface area (TPSA) is 154 Å². The number of nitrogens with zero attached hydrogens (tertiary/aromatic N) is 8. The minimum Gasteiger partial charge on any atom is -0.303 e. The quantitative estimate of drug-likeness (QED) is 0.0609. The average Bonchev–Trinajstić information content (AvgIpc) is 3.20. The van der Waals surface area contributed by atoms with E-state index in [0.717, 1.165) is 82.2 Å². The highest BCUT2D eigenvalue weighted by Gasteiger charge is 1.97. The molecule has 1 radical (unpaired) electrons.